The van der Waals surface area contributed by atoms with Crippen LogP contribution in [0.2, 0.25) is 0 Å². The van der Waals surface area contributed by atoms with Gasteiger partial charge in [0.25, 0.3) is 0 Å². The summed E-state index contributed by atoms with van der Waals surface area (Å²) in [7, 11) is 0. The summed E-state index contributed by atoms with van der Waals surface area (Å²) < 4.78 is 11.5. The van der Waals surface area contributed by atoms with E-state index in [0.717, 1.165) is 43.1 Å². The van der Waals surface area contributed by atoms with Crippen LogP contribution in [-0.4, -0.2) is 68.5 Å². The summed E-state index contributed by atoms with van der Waals surface area (Å²) >= 11 is 0. The number of cyclic esters (lactones) is 1. The van der Waals surface area contributed by atoms with Crippen molar-refractivity contribution in [3.63, 3.8) is 0 Å². The molecule has 0 aliphatic carbocycles. The zero-order valence-electron chi connectivity index (χ0n) is 17.3. The van der Waals surface area contributed by atoms with Crippen LogP contribution in [0.3, 0.4) is 0 Å². The highest BCUT2D eigenvalue weighted by molar-refractivity contribution is 5.94. The Morgan fingerprint density at radius 3 is 2.77 bits per heavy atom. The molecule has 0 bridgehead atoms. The molecule has 0 unspecified atom stereocenters. The first-order valence-corrected chi connectivity index (χ1v) is 10.5. The van der Waals surface area contributed by atoms with E-state index in [1.54, 1.807) is 4.90 Å². The second kappa shape index (κ2) is 8.07. The minimum atomic E-state index is -0.439. The standard InChI is InChI=1S/C22H25N5O4/c1-14(28)24-12-20-18-13-30-19-10-15(2-4-17(19)27(18)22(29)31-20)16-3-5-21(25-11-16)26-8-6-23-7-9-26/h2-5,10-11,18,20,23H,6-9,12-13H2,1H3,(H,24,28)/t18-,20-/m0/s1. The van der Waals surface area contributed by atoms with Crippen molar-refractivity contribution < 1.29 is 19.1 Å². The Morgan fingerprint density at radius 2 is 2.03 bits per heavy atom. The zero-order valence-corrected chi connectivity index (χ0v) is 17.3. The number of nitrogens with one attached hydrogen (secondary N) is 2. The van der Waals surface area contributed by atoms with E-state index in [4.69, 9.17) is 9.47 Å². The molecule has 1 aromatic carbocycles. The van der Waals surface area contributed by atoms with Gasteiger partial charge in [0.05, 0.1) is 12.2 Å². The molecule has 2 N–H and O–H groups in total. The number of carbonyl (C=O) groups is 2. The number of hydrogen-bond donors (Lipinski definition) is 2. The fourth-order valence-corrected chi connectivity index (χ4v) is 4.27. The molecule has 31 heavy (non-hydrogen) atoms. The van der Waals surface area contributed by atoms with Crippen molar-refractivity contribution in [2.45, 2.75) is 19.1 Å². The van der Waals surface area contributed by atoms with Crippen molar-refractivity contribution in [1.82, 2.24) is 15.6 Å². The molecular formula is C22H25N5O4. The highest BCUT2D eigenvalue weighted by Crippen LogP contribution is 2.41. The highest BCUT2D eigenvalue weighted by atomic mass is 16.6. The first-order chi connectivity index (χ1) is 15.1. The summed E-state index contributed by atoms with van der Waals surface area (Å²) in [5.41, 5.74) is 2.64. The number of piperazine rings is 1. The lowest BCUT2D eigenvalue weighted by atomic mass is 10.0. The number of hydrogen-bond acceptors (Lipinski definition) is 7. The molecule has 3 aliphatic rings. The molecule has 2 aromatic rings. The maximum Gasteiger partial charge on any atom is 0.415 e. The summed E-state index contributed by atoms with van der Waals surface area (Å²) in [6.07, 6.45) is 1.02. The molecular weight excluding hydrogens is 398 g/mol. The van der Waals surface area contributed by atoms with Crippen molar-refractivity contribution in [2.75, 3.05) is 49.1 Å². The van der Waals surface area contributed by atoms with Gasteiger partial charge in [-0.25, -0.2) is 9.78 Å². The number of amides is 2. The summed E-state index contributed by atoms with van der Waals surface area (Å²) in [5.74, 6) is 1.46. The van der Waals surface area contributed by atoms with Crippen LogP contribution in [0.4, 0.5) is 16.3 Å². The molecule has 2 saturated heterocycles. The minimum absolute atomic E-state index is 0.159. The Labute approximate surface area is 180 Å². The molecule has 1 aromatic heterocycles. The lowest BCUT2D eigenvalue weighted by Gasteiger charge is -2.31. The number of anilines is 2. The second-order valence-corrected chi connectivity index (χ2v) is 7.93. The van der Waals surface area contributed by atoms with Gasteiger partial charge in [0, 0.05) is 44.9 Å². The summed E-state index contributed by atoms with van der Waals surface area (Å²) in [6.45, 7) is 5.86. The highest BCUT2D eigenvalue weighted by Gasteiger charge is 2.46. The number of pyridine rings is 1. The van der Waals surface area contributed by atoms with Crippen LogP contribution in [-0.2, 0) is 9.53 Å². The van der Waals surface area contributed by atoms with Gasteiger partial charge >= 0.3 is 6.09 Å². The molecule has 0 radical (unpaired) electrons. The van der Waals surface area contributed by atoms with E-state index in [2.05, 4.69) is 26.6 Å². The number of rotatable bonds is 4. The number of carbonyl (C=O) groups excluding carboxylic acids is 2. The maximum absolute atomic E-state index is 12.5. The zero-order chi connectivity index (χ0) is 21.4. The third-order valence-corrected chi connectivity index (χ3v) is 5.91. The first kappa shape index (κ1) is 19.6. The molecule has 2 amide bonds. The number of ether oxygens (including phenoxy) is 2. The quantitative estimate of drug-likeness (QED) is 0.767. The van der Waals surface area contributed by atoms with E-state index in [0.29, 0.717) is 18.0 Å². The van der Waals surface area contributed by atoms with Crippen molar-refractivity contribution in [3.05, 3.63) is 36.5 Å². The monoisotopic (exact) mass is 423 g/mol. The normalized spacial score (nSPS) is 22.3. The average Bonchev–Trinajstić information content (AvgIpc) is 3.14. The predicted molar refractivity (Wildman–Crippen MR) is 115 cm³/mol. The maximum atomic E-state index is 12.5. The van der Waals surface area contributed by atoms with E-state index < -0.39 is 12.2 Å². The molecule has 2 atom stereocenters. The van der Waals surface area contributed by atoms with Gasteiger partial charge in [-0.2, -0.15) is 0 Å². The number of benzene rings is 1. The third-order valence-electron chi connectivity index (χ3n) is 5.91. The molecule has 9 heteroatoms. The van der Waals surface area contributed by atoms with Gasteiger partial charge in [0.2, 0.25) is 5.91 Å². The smallest absolute Gasteiger partial charge is 0.415 e. The van der Waals surface area contributed by atoms with E-state index in [1.807, 2.05) is 30.5 Å². The van der Waals surface area contributed by atoms with E-state index in [-0.39, 0.29) is 18.5 Å². The molecule has 0 saturated carbocycles. The largest absolute Gasteiger partial charge is 0.489 e. The summed E-state index contributed by atoms with van der Waals surface area (Å²) in [4.78, 5) is 32.2. The van der Waals surface area contributed by atoms with Crippen LogP contribution in [0.15, 0.2) is 36.5 Å². The average molecular weight is 423 g/mol. The van der Waals surface area contributed by atoms with Crippen molar-refractivity contribution in [2.24, 2.45) is 0 Å². The van der Waals surface area contributed by atoms with Crippen LogP contribution in [0.5, 0.6) is 5.75 Å². The fourth-order valence-electron chi connectivity index (χ4n) is 4.27. The van der Waals surface area contributed by atoms with Crippen molar-refractivity contribution in [1.29, 1.82) is 0 Å². The Hall–Kier alpha value is -3.33. The molecule has 4 heterocycles. The number of fused-ring (bicyclic) bond motifs is 3. The van der Waals surface area contributed by atoms with Crippen LogP contribution in [0.1, 0.15) is 6.92 Å². The molecule has 0 spiro atoms. The Morgan fingerprint density at radius 1 is 1.23 bits per heavy atom. The molecule has 5 rings (SSSR count). The van der Waals surface area contributed by atoms with Crippen molar-refractivity contribution in [3.8, 4) is 16.9 Å². The van der Waals surface area contributed by atoms with Crippen LogP contribution >= 0.6 is 0 Å². The fraction of sp³-hybridized carbons (Fsp3) is 0.409. The first-order valence-electron chi connectivity index (χ1n) is 10.5. The molecule has 9 nitrogen and oxygen atoms in total. The van der Waals surface area contributed by atoms with Gasteiger partial charge in [0.15, 0.2) is 0 Å². The molecule has 3 aliphatic heterocycles. The number of aromatic nitrogens is 1. The van der Waals surface area contributed by atoms with Gasteiger partial charge in [-0.1, -0.05) is 6.07 Å². The number of nitrogens with zero attached hydrogens (tertiary/aromatic N) is 3. The Bertz CT molecular complexity index is 990. The van der Waals surface area contributed by atoms with Crippen molar-refractivity contribution >= 4 is 23.5 Å². The molecule has 2 fully saturated rings. The molecule has 162 valence electrons. The van der Waals surface area contributed by atoms with Crippen LogP contribution in [0.25, 0.3) is 11.1 Å². The lowest BCUT2D eigenvalue weighted by Crippen LogP contribution is -2.47. The SMILES string of the molecule is CC(=O)NC[C@@H]1OC(=O)N2c3ccc(-c4ccc(N5CCNCC5)nc4)cc3OC[C@@H]12. The van der Waals surface area contributed by atoms with Gasteiger partial charge in [0.1, 0.15) is 30.3 Å². The second-order valence-electron chi connectivity index (χ2n) is 7.93. The van der Waals surface area contributed by atoms with Gasteiger partial charge < -0.3 is 25.0 Å². The van der Waals surface area contributed by atoms with E-state index >= 15 is 0 Å². The van der Waals surface area contributed by atoms with Gasteiger partial charge in [-0.05, 0) is 29.8 Å². The van der Waals surface area contributed by atoms with Gasteiger partial charge in [-0.15, -0.1) is 0 Å². The van der Waals surface area contributed by atoms with Crippen LogP contribution < -0.4 is 25.2 Å². The van der Waals surface area contributed by atoms with E-state index in [9.17, 15) is 9.59 Å². The Kier molecular flexibility index (Phi) is 5.11. The lowest BCUT2D eigenvalue weighted by molar-refractivity contribution is -0.119. The summed E-state index contributed by atoms with van der Waals surface area (Å²) in [5, 5.41) is 6.06. The minimum Gasteiger partial charge on any atom is -0.489 e. The third kappa shape index (κ3) is 3.76. The van der Waals surface area contributed by atoms with Crippen LogP contribution in [0, 0.1) is 0 Å². The van der Waals surface area contributed by atoms with E-state index in [1.165, 1.54) is 6.92 Å². The topological polar surface area (TPSA) is 96.0 Å². The van der Waals surface area contributed by atoms with Gasteiger partial charge in [-0.3, -0.25) is 9.69 Å². The Balaban J connectivity index is 1.35. The summed E-state index contributed by atoms with van der Waals surface area (Å²) in [6, 6.07) is 9.61. The predicted octanol–water partition coefficient (Wildman–Crippen LogP) is 1.38.